The number of nitrogens with one attached hydrogen (secondary N) is 2. The van der Waals surface area contributed by atoms with Crippen LogP contribution in [0, 0.1) is 6.92 Å². The summed E-state index contributed by atoms with van der Waals surface area (Å²) in [6, 6.07) is 0.0486. The summed E-state index contributed by atoms with van der Waals surface area (Å²) >= 11 is 1.65. The predicted molar refractivity (Wildman–Crippen MR) is 104 cm³/mol. The smallest absolute Gasteiger partial charge is 0.191 e. The molecule has 0 aliphatic carbocycles. The number of aromatic nitrogens is 1. The molecule has 0 aliphatic rings. The Bertz CT molecular complexity index is 572. The van der Waals surface area contributed by atoms with E-state index in [1.165, 1.54) is 6.26 Å². The standard InChI is InChI=1S/C13H24N4O2S2.HI/c1-10(6-8-21(4,18)19)16-13(14-3)15-7-5-12-9-20-11(2)17-12;/h9-10H,5-8H2,1-4H3,(H2,14,15,16);1H. The molecule has 0 amide bonds. The summed E-state index contributed by atoms with van der Waals surface area (Å²) in [7, 11) is -1.22. The van der Waals surface area contributed by atoms with E-state index >= 15 is 0 Å². The molecule has 1 heterocycles. The quantitative estimate of drug-likeness (QED) is 0.367. The highest BCUT2D eigenvalue weighted by atomic mass is 127. The fraction of sp³-hybridized carbons (Fsp3) is 0.692. The van der Waals surface area contributed by atoms with Gasteiger partial charge >= 0.3 is 0 Å². The zero-order valence-electron chi connectivity index (χ0n) is 13.4. The Morgan fingerprint density at radius 2 is 2.18 bits per heavy atom. The lowest BCUT2D eigenvalue weighted by molar-refractivity contribution is 0.581. The Labute approximate surface area is 154 Å². The van der Waals surface area contributed by atoms with Crippen molar-refractivity contribution < 1.29 is 8.42 Å². The molecular weight excluding hydrogens is 435 g/mol. The molecule has 0 fully saturated rings. The van der Waals surface area contributed by atoms with Gasteiger partial charge in [0, 0.05) is 37.7 Å². The highest BCUT2D eigenvalue weighted by molar-refractivity contribution is 14.0. The van der Waals surface area contributed by atoms with E-state index in [9.17, 15) is 8.42 Å². The molecule has 1 unspecified atom stereocenters. The van der Waals surface area contributed by atoms with Crippen molar-refractivity contribution in [2.24, 2.45) is 4.99 Å². The van der Waals surface area contributed by atoms with Gasteiger partial charge in [0.2, 0.25) is 0 Å². The third kappa shape index (κ3) is 9.57. The maximum Gasteiger partial charge on any atom is 0.191 e. The van der Waals surface area contributed by atoms with E-state index in [0.29, 0.717) is 12.4 Å². The van der Waals surface area contributed by atoms with Crippen LogP contribution in [0.5, 0.6) is 0 Å². The van der Waals surface area contributed by atoms with E-state index in [0.717, 1.165) is 23.7 Å². The Morgan fingerprint density at radius 3 is 2.68 bits per heavy atom. The lowest BCUT2D eigenvalue weighted by Crippen LogP contribution is -2.43. The number of rotatable bonds is 7. The molecule has 1 aromatic heterocycles. The lowest BCUT2D eigenvalue weighted by atomic mass is 10.3. The van der Waals surface area contributed by atoms with E-state index in [1.807, 2.05) is 13.8 Å². The minimum absolute atomic E-state index is 0. The second-order valence-electron chi connectivity index (χ2n) is 5.07. The summed E-state index contributed by atoms with van der Waals surface area (Å²) in [4.78, 5) is 8.54. The molecule has 0 aromatic carbocycles. The van der Waals surface area contributed by atoms with Crippen LogP contribution in [0.15, 0.2) is 10.4 Å². The first-order chi connectivity index (χ1) is 9.80. The largest absolute Gasteiger partial charge is 0.356 e. The number of hydrogen-bond acceptors (Lipinski definition) is 5. The maximum atomic E-state index is 11.1. The number of halogens is 1. The summed E-state index contributed by atoms with van der Waals surface area (Å²) in [5.41, 5.74) is 1.07. The topological polar surface area (TPSA) is 83.4 Å². The molecule has 22 heavy (non-hydrogen) atoms. The van der Waals surface area contributed by atoms with Crippen molar-refractivity contribution in [3.63, 3.8) is 0 Å². The third-order valence-corrected chi connectivity index (χ3v) is 4.67. The zero-order valence-corrected chi connectivity index (χ0v) is 17.4. The monoisotopic (exact) mass is 460 g/mol. The Morgan fingerprint density at radius 1 is 1.50 bits per heavy atom. The summed E-state index contributed by atoms with van der Waals surface area (Å²) in [5.74, 6) is 0.860. The van der Waals surface area contributed by atoms with E-state index < -0.39 is 9.84 Å². The molecule has 1 aromatic rings. The summed E-state index contributed by atoms with van der Waals surface area (Å²) < 4.78 is 22.3. The van der Waals surface area contributed by atoms with Crippen LogP contribution in [-0.2, 0) is 16.3 Å². The predicted octanol–water partition coefficient (Wildman–Crippen LogP) is 1.60. The fourth-order valence-electron chi connectivity index (χ4n) is 1.72. The van der Waals surface area contributed by atoms with Gasteiger partial charge < -0.3 is 10.6 Å². The van der Waals surface area contributed by atoms with Gasteiger partial charge in [0.15, 0.2) is 5.96 Å². The van der Waals surface area contributed by atoms with Crippen molar-refractivity contribution in [1.82, 2.24) is 15.6 Å². The molecule has 2 N–H and O–H groups in total. The van der Waals surface area contributed by atoms with Gasteiger partial charge in [-0.3, -0.25) is 4.99 Å². The van der Waals surface area contributed by atoms with Gasteiger partial charge in [-0.25, -0.2) is 13.4 Å². The van der Waals surface area contributed by atoms with Crippen molar-refractivity contribution in [2.75, 3.05) is 25.6 Å². The molecule has 0 bridgehead atoms. The van der Waals surface area contributed by atoms with Crippen LogP contribution >= 0.6 is 35.3 Å². The molecule has 0 saturated heterocycles. The first-order valence-electron chi connectivity index (χ1n) is 6.86. The van der Waals surface area contributed by atoms with E-state index in [1.54, 1.807) is 18.4 Å². The van der Waals surface area contributed by atoms with Crippen LogP contribution in [0.25, 0.3) is 0 Å². The molecule has 1 atom stereocenters. The average Bonchev–Trinajstić information content (AvgIpc) is 2.80. The fourth-order valence-corrected chi connectivity index (χ4v) is 3.15. The van der Waals surface area contributed by atoms with Gasteiger partial charge in [-0.1, -0.05) is 0 Å². The zero-order chi connectivity index (χ0) is 15.9. The first kappa shape index (κ1) is 21.6. The second kappa shape index (κ2) is 10.4. The lowest BCUT2D eigenvalue weighted by Gasteiger charge is -2.17. The van der Waals surface area contributed by atoms with Crippen molar-refractivity contribution in [3.05, 3.63) is 16.1 Å². The second-order valence-corrected chi connectivity index (χ2v) is 8.39. The van der Waals surface area contributed by atoms with Crippen molar-refractivity contribution in [3.8, 4) is 0 Å². The number of guanidine groups is 1. The van der Waals surface area contributed by atoms with Crippen LogP contribution in [0.1, 0.15) is 24.0 Å². The van der Waals surface area contributed by atoms with Gasteiger partial charge in [0.25, 0.3) is 0 Å². The summed E-state index contributed by atoms with van der Waals surface area (Å²) in [6.07, 6.45) is 2.65. The maximum absolute atomic E-state index is 11.1. The van der Waals surface area contributed by atoms with Crippen LogP contribution in [0.4, 0.5) is 0 Å². The number of thiazole rings is 1. The number of hydrogen-bond donors (Lipinski definition) is 2. The van der Waals surface area contributed by atoms with Crippen LogP contribution in [-0.4, -0.2) is 51.0 Å². The van der Waals surface area contributed by atoms with E-state index in [4.69, 9.17) is 0 Å². The minimum atomic E-state index is -2.92. The average molecular weight is 460 g/mol. The molecule has 9 heteroatoms. The van der Waals surface area contributed by atoms with Crippen LogP contribution < -0.4 is 10.6 Å². The minimum Gasteiger partial charge on any atom is -0.356 e. The molecule has 0 radical (unpaired) electrons. The van der Waals surface area contributed by atoms with Gasteiger partial charge in [-0.2, -0.15) is 0 Å². The molecule has 0 aliphatic heterocycles. The van der Waals surface area contributed by atoms with Crippen molar-refractivity contribution in [1.29, 1.82) is 0 Å². The highest BCUT2D eigenvalue weighted by Crippen LogP contribution is 2.07. The van der Waals surface area contributed by atoms with E-state index in [-0.39, 0.29) is 35.8 Å². The SMILES string of the molecule is CN=C(NCCc1csc(C)n1)NC(C)CCS(C)(=O)=O.I. The molecule has 1 rings (SSSR count). The number of aryl methyl sites for hydroxylation is 1. The van der Waals surface area contributed by atoms with Gasteiger partial charge in [0.05, 0.1) is 16.5 Å². The highest BCUT2D eigenvalue weighted by Gasteiger charge is 2.09. The molecular formula is C13H25IN4O2S2. The normalized spacial score (nSPS) is 13.4. The molecule has 0 spiro atoms. The van der Waals surface area contributed by atoms with Crippen LogP contribution in [0.2, 0.25) is 0 Å². The van der Waals surface area contributed by atoms with E-state index in [2.05, 4.69) is 26.0 Å². The summed E-state index contributed by atoms with van der Waals surface area (Å²) in [6.45, 7) is 4.68. The number of sulfone groups is 1. The Kier molecular flexibility index (Phi) is 10.2. The Hall–Kier alpha value is -0.420. The first-order valence-corrected chi connectivity index (χ1v) is 9.80. The van der Waals surface area contributed by atoms with Crippen LogP contribution in [0.3, 0.4) is 0 Å². The molecule has 128 valence electrons. The third-order valence-electron chi connectivity index (χ3n) is 2.87. The molecule has 0 saturated carbocycles. The van der Waals surface area contributed by atoms with Gasteiger partial charge in [0.1, 0.15) is 9.84 Å². The Balaban J connectivity index is 0.00000441. The van der Waals surface area contributed by atoms with Gasteiger partial charge in [-0.15, -0.1) is 35.3 Å². The molecule has 6 nitrogen and oxygen atoms in total. The van der Waals surface area contributed by atoms with Crippen molar-refractivity contribution >= 4 is 51.1 Å². The number of aliphatic imine (C=N–C) groups is 1. The summed E-state index contributed by atoms with van der Waals surface area (Å²) in [5, 5.41) is 9.53. The van der Waals surface area contributed by atoms with Crippen molar-refractivity contribution in [2.45, 2.75) is 32.7 Å². The van der Waals surface area contributed by atoms with Gasteiger partial charge in [-0.05, 0) is 20.3 Å². The number of nitrogens with zero attached hydrogens (tertiary/aromatic N) is 2.